The van der Waals surface area contributed by atoms with Gasteiger partial charge in [-0.2, -0.15) is 0 Å². The van der Waals surface area contributed by atoms with Crippen LogP contribution in [0.4, 0.5) is 5.69 Å². The summed E-state index contributed by atoms with van der Waals surface area (Å²) in [5.41, 5.74) is 4.28. The van der Waals surface area contributed by atoms with Gasteiger partial charge in [-0.1, -0.05) is 15.9 Å². The van der Waals surface area contributed by atoms with Crippen molar-refractivity contribution >= 4 is 27.4 Å². The fourth-order valence-electron chi connectivity index (χ4n) is 3.64. The Labute approximate surface area is 123 Å². The quantitative estimate of drug-likeness (QED) is 0.782. The first-order valence-corrected chi connectivity index (χ1v) is 7.72. The number of ketones is 1. The normalized spacial score (nSPS) is 22.7. The smallest absolute Gasteiger partial charge is 0.167 e. The molecule has 0 saturated heterocycles. The summed E-state index contributed by atoms with van der Waals surface area (Å²) < 4.78 is 1.17. The third kappa shape index (κ3) is 1.70. The lowest BCUT2D eigenvalue weighted by Crippen LogP contribution is -2.53. The molecule has 0 bridgehead atoms. The monoisotopic (exact) mass is 321 g/mol. The van der Waals surface area contributed by atoms with Crippen LogP contribution in [0, 0.1) is 0 Å². The van der Waals surface area contributed by atoms with Crippen molar-refractivity contribution in [1.82, 2.24) is 0 Å². The summed E-state index contributed by atoms with van der Waals surface area (Å²) in [5, 5.41) is 3.50. The average molecular weight is 322 g/mol. The summed E-state index contributed by atoms with van der Waals surface area (Å²) in [6.45, 7) is 8.07. The van der Waals surface area contributed by atoms with Gasteiger partial charge in [0.15, 0.2) is 5.78 Å². The van der Waals surface area contributed by atoms with Crippen LogP contribution < -0.4 is 5.32 Å². The van der Waals surface area contributed by atoms with E-state index in [1.54, 1.807) is 0 Å². The number of hydrogen-bond donors (Lipinski definition) is 1. The predicted octanol–water partition coefficient (Wildman–Crippen LogP) is 3.99. The molecule has 1 N–H and O–H groups in total. The summed E-state index contributed by atoms with van der Waals surface area (Å²) in [5.74, 6) is 0.261. The van der Waals surface area contributed by atoms with Crippen molar-refractivity contribution in [3.05, 3.63) is 27.2 Å². The molecule has 0 fully saturated rings. The maximum atomic E-state index is 12.7. The molecule has 0 amide bonds. The average Bonchev–Trinajstić information content (AvgIpc) is 2.79. The van der Waals surface area contributed by atoms with E-state index in [9.17, 15) is 4.79 Å². The maximum absolute atomic E-state index is 12.7. The van der Waals surface area contributed by atoms with E-state index in [0.29, 0.717) is 0 Å². The van der Waals surface area contributed by atoms with Gasteiger partial charge in [-0.25, -0.2) is 0 Å². The zero-order valence-electron chi connectivity index (χ0n) is 12.0. The van der Waals surface area contributed by atoms with Gasteiger partial charge >= 0.3 is 0 Å². The van der Waals surface area contributed by atoms with Crippen molar-refractivity contribution in [1.29, 1.82) is 0 Å². The Morgan fingerprint density at radius 1 is 1.16 bits per heavy atom. The minimum absolute atomic E-state index is 0.261. The molecule has 2 aliphatic rings. The van der Waals surface area contributed by atoms with E-state index in [0.717, 1.165) is 18.4 Å². The Bertz CT molecular complexity index is 587. The molecule has 0 atom stereocenters. The van der Waals surface area contributed by atoms with Gasteiger partial charge in [0.25, 0.3) is 0 Å². The van der Waals surface area contributed by atoms with Crippen molar-refractivity contribution < 1.29 is 4.79 Å². The molecule has 19 heavy (non-hydrogen) atoms. The third-order valence-corrected chi connectivity index (χ3v) is 5.30. The molecular formula is C16H20BrNO. The zero-order valence-corrected chi connectivity index (χ0v) is 13.6. The SMILES string of the molecule is CC1(C)Nc2c(cc(Br)c3c2CCC3)C(C)(C)C1=O. The summed E-state index contributed by atoms with van der Waals surface area (Å²) >= 11 is 3.69. The largest absolute Gasteiger partial charge is 0.373 e. The summed E-state index contributed by atoms with van der Waals surface area (Å²) in [7, 11) is 0. The summed E-state index contributed by atoms with van der Waals surface area (Å²) in [6.07, 6.45) is 3.46. The van der Waals surface area contributed by atoms with Gasteiger partial charge in [0, 0.05) is 10.2 Å². The van der Waals surface area contributed by atoms with E-state index < -0.39 is 11.0 Å². The molecule has 102 valence electrons. The molecule has 1 aliphatic carbocycles. The second kappa shape index (κ2) is 3.85. The highest BCUT2D eigenvalue weighted by molar-refractivity contribution is 9.10. The fraction of sp³-hybridized carbons (Fsp3) is 0.562. The summed E-state index contributed by atoms with van der Waals surface area (Å²) in [6, 6.07) is 2.15. The van der Waals surface area contributed by atoms with Gasteiger partial charge in [-0.05, 0) is 69.7 Å². The molecular weight excluding hydrogens is 302 g/mol. The van der Waals surface area contributed by atoms with Gasteiger partial charge in [0.2, 0.25) is 0 Å². The number of carbonyl (C=O) groups excluding carboxylic acids is 1. The van der Waals surface area contributed by atoms with Crippen LogP contribution in [-0.4, -0.2) is 11.3 Å². The Morgan fingerprint density at radius 3 is 2.47 bits per heavy atom. The molecule has 0 spiro atoms. The first-order valence-electron chi connectivity index (χ1n) is 6.93. The first-order chi connectivity index (χ1) is 8.75. The molecule has 1 heterocycles. The number of anilines is 1. The van der Waals surface area contributed by atoms with Crippen LogP contribution in [0.25, 0.3) is 0 Å². The van der Waals surface area contributed by atoms with E-state index in [-0.39, 0.29) is 5.78 Å². The van der Waals surface area contributed by atoms with Crippen molar-refractivity contribution in [3.63, 3.8) is 0 Å². The standard InChI is InChI=1S/C16H20BrNO/c1-15(2)11-8-12(17)9-6-5-7-10(9)13(11)18-16(3,4)14(15)19/h8,18H,5-7H2,1-4H3. The Balaban J connectivity index is 2.31. The first kappa shape index (κ1) is 13.2. The van der Waals surface area contributed by atoms with Crippen LogP contribution in [0.1, 0.15) is 50.8 Å². The number of hydrogen-bond acceptors (Lipinski definition) is 2. The number of nitrogens with one attached hydrogen (secondary N) is 1. The minimum Gasteiger partial charge on any atom is -0.373 e. The second-order valence-corrected chi connectivity index (χ2v) is 7.65. The third-order valence-electron chi connectivity index (χ3n) is 4.59. The zero-order chi connectivity index (χ0) is 14.0. The number of halogens is 1. The molecule has 3 rings (SSSR count). The van der Waals surface area contributed by atoms with Crippen molar-refractivity contribution in [2.45, 2.75) is 57.9 Å². The number of fused-ring (bicyclic) bond motifs is 3. The topological polar surface area (TPSA) is 29.1 Å². The van der Waals surface area contributed by atoms with E-state index in [1.807, 2.05) is 27.7 Å². The predicted molar refractivity (Wildman–Crippen MR) is 81.9 cm³/mol. The molecule has 1 aliphatic heterocycles. The van der Waals surface area contributed by atoms with Gasteiger partial charge in [-0.15, -0.1) is 0 Å². The van der Waals surface area contributed by atoms with Crippen molar-refractivity contribution in [2.75, 3.05) is 5.32 Å². The number of rotatable bonds is 0. The number of Topliss-reactive ketones (excluding diaryl/α,β-unsaturated/α-hetero) is 1. The van der Waals surface area contributed by atoms with Gasteiger partial charge in [0.1, 0.15) is 0 Å². The maximum Gasteiger partial charge on any atom is 0.167 e. The van der Waals surface area contributed by atoms with E-state index >= 15 is 0 Å². The Hall–Kier alpha value is -0.830. The lowest BCUT2D eigenvalue weighted by atomic mass is 9.69. The summed E-state index contributed by atoms with van der Waals surface area (Å²) in [4.78, 5) is 12.7. The van der Waals surface area contributed by atoms with E-state index in [2.05, 4.69) is 27.3 Å². The molecule has 2 nitrogen and oxygen atoms in total. The lowest BCUT2D eigenvalue weighted by molar-refractivity contribution is -0.127. The molecule has 0 radical (unpaired) electrons. The number of benzene rings is 1. The molecule has 0 aromatic heterocycles. The van der Waals surface area contributed by atoms with Crippen molar-refractivity contribution in [3.8, 4) is 0 Å². The van der Waals surface area contributed by atoms with Crippen LogP contribution >= 0.6 is 15.9 Å². The van der Waals surface area contributed by atoms with Crippen LogP contribution in [0.3, 0.4) is 0 Å². The van der Waals surface area contributed by atoms with E-state index in [1.165, 1.54) is 27.7 Å². The highest BCUT2D eigenvalue weighted by atomic mass is 79.9. The molecule has 1 aromatic rings. The van der Waals surface area contributed by atoms with E-state index in [4.69, 9.17) is 0 Å². The number of carbonyl (C=O) groups is 1. The minimum atomic E-state index is -0.485. The molecule has 3 heteroatoms. The second-order valence-electron chi connectivity index (χ2n) is 6.80. The van der Waals surface area contributed by atoms with Gasteiger partial charge < -0.3 is 5.32 Å². The Kier molecular flexibility index (Phi) is 2.66. The van der Waals surface area contributed by atoms with Crippen molar-refractivity contribution in [2.24, 2.45) is 0 Å². The molecule has 0 unspecified atom stereocenters. The van der Waals surface area contributed by atoms with Crippen LogP contribution in [-0.2, 0) is 23.1 Å². The lowest BCUT2D eigenvalue weighted by Gasteiger charge is -2.43. The Morgan fingerprint density at radius 2 is 1.79 bits per heavy atom. The highest BCUT2D eigenvalue weighted by Gasteiger charge is 2.47. The molecule has 0 saturated carbocycles. The fourth-order valence-corrected chi connectivity index (χ4v) is 4.31. The van der Waals surface area contributed by atoms with Crippen LogP contribution in [0.15, 0.2) is 10.5 Å². The van der Waals surface area contributed by atoms with Crippen LogP contribution in [0.5, 0.6) is 0 Å². The van der Waals surface area contributed by atoms with Gasteiger partial charge in [-0.3, -0.25) is 4.79 Å². The molecule has 1 aromatic carbocycles. The highest BCUT2D eigenvalue weighted by Crippen LogP contribution is 2.47. The van der Waals surface area contributed by atoms with Crippen LogP contribution in [0.2, 0.25) is 0 Å². The van der Waals surface area contributed by atoms with Gasteiger partial charge in [0.05, 0.1) is 11.0 Å².